The number of nitriles is 1. The van der Waals surface area contributed by atoms with Gasteiger partial charge in [-0.05, 0) is 30.2 Å². The smallest absolute Gasteiger partial charge is 0.283 e. The molecule has 0 aromatic heterocycles. The van der Waals surface area contributed by atoms with Gasteiger partial charge in [-0.3, -0.25) is 0 Å². The van der Waals surface area contributed by atoms with Crippen LogP contribution in [0, 0.1) is 17.1 Å². The molecular formula is C22H22FN3O2. The van der Waals surface area contributed by atoms with E-state index in [9.17, 15) is 4.39 Å². The van der Waals surface area contributed by atoms with E-state index in [0.29, 0.717) is 24.2 Å². The van der Waals surface area contributed by atoms with Crippen molar-refractivity contribution in [2.75, 3.05) is 6.61 Å². The summed E-state index contributed by atoms with van der Waals surface area (Å²) in [5.74, 6) is 0.206. The molecule has 2 heterocycles. The first-order valence-corrected chi connectivity index (χ1v) is 9.54. The summed E-state index contributed by atoms with van der Waals surface area (Å²) < 4.78 is 26.4. The number of nitrogens with zero attached hydrogens (tertiary/aromatic N) is 2. The van der Waals surface area contributed by atoms with Crippen LogP contribution in [-0.2, 0) is 10.3 Å². The normalized spacial score (nSPS) is 22.8. The second-order valence-electron chi connectivity index (χ2n) is 7.35. The third-order valence-corrected chi connectivity index (χ3v) is 5.43. The molecule has 2 atom stereocenters. The lowest BCUT2D eigenvalue weighted by molar-refractivity contribution is 0.0988. The van der Waals surface area contributed by atoms with Crippen LogP contribution in [0.2, 0.25) is 0 Å². The molecule has 0 radical (unpaired) electrons. The summed E-state index contributed by atoms with van der Waals surface area (Å²) in [7, 11) is 0. The lowest BCUT2D eigenvalue weighted by Crippen LogP contribution is -2.38. The van der Waals surface area contributed by atoms with Crippen LogP contribution in [0.1, 0.15) is 43.7 Å². The first kappa shape index (κ1) is 18.3. The van der Waals surface area contributed by atoms with E-state index in [0.717, 1.165) is 30.6 Å². The molecular weight excluding hydrogens is 357 g/mol. The number of benzene rings is 2. The molecule has 0 amide bonds. The first-order chi connectivity index (χ1) is 13.6. The minimum Gasteiger partial charge on any atom is -0.490 e. The van der Waals surface area contributed by atoms with Gasteiger partial charge in [0.1, 0.15) is 35.9 Å². The van der Waals surface area contributed by atoms with Crippen LogP contribution in [-0.4, -0.2) is 18.7 Å². The van der Waals surface area contributed by atoms with Crippen molar-refractivity contribution in [3.05, 3.63) is 53.3 Å². The number of unbranched alkanes of at least 4 members (excludes halogenated alkanes) is 1. The van der Waals surface area contributed by atoms with Crippen molar-refractivity contribution in [3.63, 3.8) is 0 Å². The van der Waals surface area contributed by atoms with Crippen LogP contribution in [0.5, 0.6) is 5.75 Å². The second kappa shape index (κ2) is 7.16. The molecule has 4 rings (SSSR count). The lowest BCUT2D eigenvalue weighted by Gasteiger charge is -2.37. The zero-order valence-electron chi connectivity index (χ0n) is 15.7. The average Bonchev–Trinajstić information content (AvgIpc) is 3.07. The van der Waals surface area contributed by atoms with E-state index in [1.165, 1.54) is 6.07 Å². The van der Waals surface area contributed by atoms with Crippen LogP contribution in [0.15, 0.2) is 41.4 Å². The van der Waals surface area contributed by atoms with Crippen molar-refractivity contribution in [2.24, 2.45) is 10.7 Å². The summed E-state index contributed by atoms with van der Waals surface area (Å²) in [6.07, 6.45) is 3.81. The molecule has 2 aromatic rings. The van der Waals surface area contributed by atoms with Gasteiger partial charge in [0.25, 0.3) is 6.02 Å². The quantitative estimate of drug-likeness (QED) is 0.861. The third kappa shape index (κ3) is 3.07. The van der Waals surface area contributed by atoms with Gasteiger partial charge in [-0.2, -0.15) is 5.26 Å². The summed E-state index contributed by atoms with van der Waals surface area (Å²) >= 11 is 0. The molecule has 144 valence electrons. The van der Waals surface area contributed by atoms with Gasteiger partial charge in [-0.15, -0.1) is 0 Å². The molecule has 2 aliphatic rings. The number of nitrogens with two attached hydrogens (primary N) is 1. The van der Waals surface area contributed by atoms with Gasteiger partial charge in [-0.25, -0.2) is 9.38 Å². The van der Waals surface area contributed by atoms with Gasteiger partial charge < -0.3 is 15.2 Å². The maximum absolute atomic E-state index is 14.7. The fourth-order valence-electron chi connectivity index (χ4n) is 4.02. The number of aliphatic imine (C=N–C) groups is 1. The topological polar surface area (TPSA) is 80.6 Å². The molecule has 28 heavy (non-hydrogen) atoms. The first-order valence-electron chi connectivity index (χ1n) is 9.54. The zero-order valence-corrected chi connectivity index (χ0v) is 15.7. The van der Waals surface area contributed by atoms with Crippen molar-refractivity contribution < 1.29 is 13.9 Å². The Bertz CT molecular complexity index is 982. The van der Waals surface area contributed by atoms with Crippen molar-refractivity contribution in [1.29, 1.82) is 5.26 Å². The number of hydrogen-bond donors (Lipinski definition) is 1. The van der Waals surface area contributed by atoms with Gasteiger partial charge in [0, 0.05) is 17.5 Å². The molecule has 1 spiro atoms. The van der Waals surface area contributed by atoms with Crippen LogP contribution in [0.4, 0.5) is 4.39 Å². The van der Waals surface area contributed by atoms with Crippen molar-refractivity contribution in [2.45, 2.75) is 44.2 Å². The predicted molar refractivity (Wildman–Crippen MR) is 104 cm³/mol. The summed E-state index contributed by atoms with van der Waals surface area (Å²) in [5, 5.41) is 9.12. The van der Waals surface area contributed by atoms with E-state index in [4.69, 9.17) is 20.5 Å². The minimum atomic E-state index is -0.616. The Morgan fingerprint density at radius 2 is 2.21 bits per heavy atom. The third-order valence-electron chi connectivity index (χ3n) is 5.43. The Kier molecular flexibility index (Phi) is 4.68. The summed E-state index contributed by atoms with van der Waals surface area (Å²) in [5.41, 5.74) is 7.14. The molecule has 5 nitrogen and oxygen atoms in total. The monoisotopic (exact) mass is 379 g/mol. The fraction of sp³-hybridized carbons (Fsp3) is 0.364. The maximum Gasteiger partial charge on any atom is 0.283 e. The number of rotatable bonds is 4. The molecule has 0 saturated carbocycles. The van der Waals surface area contributed by atoms with Crippen LogP contribution < -0.4 is 10.5 Å². The number of amidine groups is 1. The Labute approximate surface area is 163 Å². The minimum absolute atomic E-state index is 0.0206. The highest BCUT2D eigenvalue weighted by atomic mass is 19.1. The molecule has 0 bridgehead atoms. The second-order valence-corrected chi connectivity index (χ2v) is 7.35. The average molecular weight is 379 g/mol. The van der Waals surface area contributed by atoms with Crippen LogP contribution in [0.3, 0.4) is 0 Å². The van der Waals surface area contributed by atoms with Gasteiger partial charge in [0.15, 0.2) is 0 Å². The van der Waals surface area contributed by atoms with E-state index >= 15 is 0 Å². The van der Waals surface area contributed by atoms with E-state index in [1.54, 1.807) is 12.1 Å². The fourth-order valence-corrected chi connectivity index (χ4v) is 4.02. The number of ether oxygens (including phenoxy) is 2. The van der Waals surface area contributed by atoms with Crippen LogP contribution in [0.25, 0.3) is 11.1 Å². The highest BCUT2D eigenvalue weighted by molar-refractivity contribution is 5.75. The Hall–Kier alpha value is -3.07. The summed E-state index contributed by atoms with van der Waals surface area (Å²) in [4.78, 5) is 4.62. The Morgan fingerprint density at radius 3 is 2.93 bits per heavy atom. The summed E-state index contributed by atoms with van der Waals surface area (Å²) in [6.45, 7) is 2.50. The Balaban J connectivity index is 1.80. The van der Waals surface area contributed by atoms with Gasteiger partial charge in [0.05, 0.1) is 5.56 Å². The molecule has 2 aromatic carbocycles. The molecule has 6 heteroatoms. The highest BCUT2D eigenvalue weighted by Crippen LogP contribution is 2.47. The lowest BCUT2D eigenvalue weighted by atomic mass is 9.81. The van der Waals surface area contributed by atoms with Gasteiger partial charge >= 0.3 is 0 Å². The van der Waals surface area contributed by atoms with Crippen molar-refractivity contribution >= 4 is 6.02 Å². The van der Waals surface area contributed by atoms with E-state index in [-0.39, 0.29) is 17.7 Å². The number of halogens is 1. The van der Waals surface area contributed by atoms with Crippen LogP contribution >= 0.6 is 0 Å². The van der Waals surface area contributed by atoms with Gasteiger partial charge in [0.2, 0.25) is 0 Å². The SMILES string of the molecule is CCCCC1CC2(COC(N)=N2)c2cc(-c3cccc(C#N)c3F)ccc2O1. The number of fused-ring (bicyclic) bond motifs is 2. The molecule has 0 saturated heterocycles. The van der Waals surface area contributed by atoms with E-state index in [2.05, 4.69) is 11.9 Å². The molecule has 0 aliphatic carbocycles. The molecule has 2 unspecified atom stereocenters. The Morgan fingerprint density at radius 1 is 1.36 bits per heavy atom. The maximum atomic E-state index is 14.7. The highest BCUT2D eigenvalue weighted by Gasteiger charge is 2.46. The molecule has 2 aliphatic heterocycles. The number of hydrogen-bond acceptors (Lipinski definition) is 5. The summed E-state index contributed by atoms with van der Waals surface area (Å²) in [6, 6.07) is 12.4. The largest absolute Gasteiger partial charge is 0.490 e. The van der Waals surface area contributed by atoms with E-state index < -0.39 is 11.4 Å². The molecule has 0 fully saturated rings. The predicted octanol–water partition coefficient (Wildman–Crippen LogP) is 4.25. The van der Waals surface area contributed by atoms with E-state index in [1.807, 2.05) is 24.3 Å². The van der Waals surface area contributed by atoms with Crippen molar-refractivity contribution in [3.8, 4) is 22.9 Å². The van der Waals surface area contributed by atoms with Crippen molar-refractivity contribution in [1.82, 2.24) is 0 Å². The van der Waals surface area contributed by atoms with Gasteiger partial charge in [-0.1, -0.05) is 38.0 Å². The standard InChI is InChI=1S/C22H22FN3O2/c1-2-3-6-16-11-22(13-27-21(25)26-22)18-10-14(8-9-19(18)28-16)17-7-4-5-15(12-24)20(17)23/h4-5,7-10,16H,2-3,6,11,13H2,1H3,(H2,25,26). The zero-order chi connectivity index (χ0) is 19.7. The molecule has 2 N–H and O–H groups in total.